The molecule has 1 aliphatic rings. The molecule has 1 atom stereocenters. The van der Waals surface area contributed by atoms with Crippen molar-refractivity contribution in [2.45, 2.75) is 44.6 Å². The van der Waals surface area contributed by atoms with Crippen LogP contribution in [0.15, 0.2) is 4.99 Å². The second kappa shape index (κ2) is 13.1. The largest absolute Gasteiger partial charge is 0.469 e. The molecule has 1 rings (SSSR count). The maximum absolute atomic E-state index is 10.9. The van der Waals surface area contributed by atoms with Crippen molar-refractivity contribution < 1.29 is 14.3 Å². The molecule has 0 aromatic carbocycles. The molecule has 0 spiro atoms. The van der Waals surface area contributed by atoms with Gasteiger partial charge in [-0.15, -0.1) is 24.0 Å². The van der Waals surface area contributed by atoms with Crippen LogP contribution >= 0.6 is 24.0 Å². The number of unbranched alkanes of at least 4 members (excludes halogenated alkanes) is 2. The molecule has 6 nitrogen and oxygen atoms in total. The Kier molecular flexibility index (Phi) is 12.8. The maximum atomic E-state index is 10.9. The molecule has 7 heteroatoms. The van der Waals surface area contributed by atoms with Crippen molar-refractivity contribution in [2.75, 3.05) is 33.9 Å². The number of carbonyl (C=O) groups excluding carboxylic acids is 1. The van der Waals surface area contributed by atoms with Gasteiger partial charge in [-0.25, -0.2) is 0 Å². The monoisotopic (exact) mass is 413 g/mol. The molecule has 0 amide bonds. The average molecular weight is 413 g/mol. The topological polar surface area (TPSA) is 72.0 Å². The van der Waals surface area contributed by atoms with Crippen LogP contribution in [-0.4, -0.2) is 51.9 Å². The molecule has 0 aromatic rings. The van der Waals surface area contributed by atoms with Crippen molar-refractivity contribution >= 4 is 35.9 Å². The van der Waals surface area contributed by atoms with Gasteiger partial charge in [0, 0.05) is 33.2 Å². The van der Waals surface area contributed by atoms with E-state index in [1.54, 1.807) is 7.05 Å². The quantitative estimate of drug-likeness (QED) is 0.208. The van der Waals surface area contributed by atoms with Crippen LogP contribution in [0.5, 0.6) is 0 Å². The molecule has 1 fully saturated rings. The standard InChI is InChI=1S/C14H27N3O3.HI/c1-15-14(17-11-12-7-6-10-20-12)16-9-5-3-4-8-13(18)19-2;/h12H,3-11H2,1-2H3,(H2,15,16,17);1H. The predicted octanol–water partition coefficient (Wildman–Crippen LogP) is 1.68. The Labute approximate surface area is 144 Å². The Morgan fingerprint density at radius 1 is 1.33 bits per heavy atom. The van der Waals surface area contributed by atoms with Gasteiger partial charge in [0.2, 0.25) is 0 Å². The summed E-state index contributed by atoms with van der Waals surface area (Å²) in [6, 6.07) is 0. The van der Waals surface area contributed by atoms with Gasteiger partial charge in [0.15, 0.2) is 5.96 Å². The second-order valence-corrected chi connectivity index (χ2v) is 4.90. The second-order valence-electron chi connectivity index (χ2n) is 4.90. The third-order valence-corrected chi connectivity index (χ3v) is 3.32. The molecule has 124 valence electrons. The summed E-state index contributed by atoms with van der Waals surface area (Å²) in [5.41, 5.74) is 0. The molecule has 21 heavy (non-hydrogen) atoms. The number of guanidine groups is 1. The predicted molar refractivity (Wildman–Crippen MR) is 94.2 cm³/mol. The number of ether oxygens (including phenoxy) is 2. The molecule has 1 saturated heterocycles. The van der Waals surface area contributed by atoms with Crippen LogP contribution in [0.4, 0.5) is 0 Å². The van der Waals surface area contributed by atoms with Gasteiger partial charge in [-0.3, -0.25) is 9.79 Å². The summed E-state index contributed by atoms with van der Waals surface area (Å²) < 4.78 is 10.1. The highest BCUT2D eigenvalue weighted by Crippen LogP contribution is 2.10. The van der Waals surface area contributed by atoms with Crippen LogP contribution in [-0.2, 0) is 14.3 Å². The number of nitrogens with zero attached hydrogens (tertiary/aromatic N) is 1. The van der Waals surface area contributed by atoms with Crippen molar-refractivity contribution in [3.05, 3.63) is 0 Å². The number of hydrogen-bond donors (Lipinski definition) is 2. The van der Waals surface area contributed by atoms with Crippen LogP contribution in [0.1, 0.15) is 38.5 Å². The summed E-state index contributed by atoms with van der Waals surface area (Å²) in [5, 5.41) is 6.53. The lowest BCUT2D eigenvalue weighted by atomic mass is 10.2. The van der Waals surface area contributed by atoms with Gasteiger partial charge in [-0.2, -0.15) is 0 Å². The van der Waals surface area contributed by atoms with E-state index in [0.29, 0.717) is 12.5 Å². The van der Waals surface area contributed by atoms with Gasteiger partial charge in [0.1, 0.15) is 0 Å². The number of methoxy groups -OCH3 is 1. The minimum absolute atomic E-state index is 0. The summed E-state index contributed by atoms with van der Waals surface area (Å²) >= 11 is 0. The Morgan fingerprint density at radius 3 is 2.76 bits per heavy atom. The first kappa shape index (κ1) is 20.4. The number of esters is 1. The van der Waals surface area contributed by atoms with E-state index in [1.807, 2.05) is 0 Å². The van der Waals surface area contributed by atoms with Crippen molar-refractivity contribution in [3.8, 4) is 0 Å². The molecule has 0 radical (unpaired) electrons. The Hall–Kier alpha value is -0.570. The van der Waals surface area contributed by atoms with Gasteiger partial charge >= 0.3 is 5.97 Å². The third kappa shape index (κ3) is 9.89. The van der Waals surface area contributed by atoms with Crippen molar-refractivity contribution in [1.82, 2.24) is 10.6 Å². The van der Waals surface area contributed by atoms with E-state index in [1.165, 1.54) is 7.11 Å². The van der Waals surface area contributed by atoms with Crippen LogP contribution in [0.3, 0.4) is 0 Å². The fourth-order valence-corrected chi connectivity index (χ4v) is 2.12. The van der Waals surface area contributed by atoms with Gasteiger partial charge in [-0.05, 0) is 25.7 Å². The minimum atomic E-state index is -0.132. The van der Waals surface area contributed by atoms with E-state index in [0.717, 1.165) is 57.8 Å². The van der Waals surface area contributed by atoms with Crippen molar-refractivity contribution in [3.63, 3.8) is 0 Å². The molecular weight excluding hydrogens is 385 g/mol. The van der Waals surface area contributed by atoms with Gasteiger partial charge < -0.3 is 20.1 Å². The zero-order valence-corrected chi connectivity index (χ0v) is 15.4. The SMILES string of the molecule is CN=C(NCCCCCC(=O)OC)NCC1CCCO1.I. The fraction of sp³-hybridized carbons (Fsp3) is 0.857. The number of carbonyl (C=O) groups is 1. The molecule has 0 aromatic heterocycles. The number of aliphatic imine (C=N–C) groups is 1. The van der Waals surface area contributed by atoms with Crippen LogP contribution in [0.2, 0.25) is 0 Å². The summed E-state index contributed by atoms with van der Waals surface area (Å²) in [7, 11) is 3.19. The summed E-state index contributed by atoms with van der Waals surface area (Å²) in [6.45, 7) is 2.53. The Balaban J connectivity index is 0.00000400. The van der Waals surface area contributed by atoms with Crippen LogP contribution < -0.4 is 10.6 Å². The average Bonchev–Trinajstić information content (AvgIpc) is 2.98. The molecule has 1 aliphatic heterocycles. The highest BCUT2D eigenvalue weighted by Gasteiger charge is 2.15. The lowest BCUT2D eigenvalue weighted by molar-refractivity contribution is -0.140. The van der Waals surface area contributed by atoms with E-state index in [-0.39, 0.29) is 29.9 Å². The smallest absolute Gasteiger partial charge is 0.305 e. The highest BCUT2D eigenvalue weighted by molar-refractivity contribution is 14.0. The van der Waals surface area contributed by atoms with E-state index < -0.39 is 0 Å². The number of rotatable bonds is 8. The normalized spacial score (nSPS) is 18.0. The molecule has 0 aliphatic carbocycles. The maximum Gasteiger partial charge on any atom is 0.305 e. The summed E-state index contributed by atoms with van der Waals surface area (Å²) in [5.74, 6) is 0.681. The first-order valence-corrected chi connectivity index (χ1v) is 7.39. The lowest BCUT2D eigenvalue weighted by Gasteiger charge is -2.14. The minimum Gasteiger partial charge on any atom is -0.469 e. The highest BCUT2D eigenvalue weighted by atomic mass is 127. The molecule has 0 bridgehead atoms. The van der Waals surface area contributed by atoms with E-state index in [9.17, 15) is 4.79 Å². The van der Waals surface area contributed by atoms with Crippen LogP contribution in [0, 0.1) is 0 Å². The number of hydrogen-bond acceptors (Lipinski definition) is 4. The number of nitrogens with one attached hydrogen (secondary N) is 2. The van der Waals surface area contributed by atoms with E-state index >= 15 is 0 Å². The summed E-state index contributed by atoms with van der Waals surface area (Å²) in [4.78, 5) is 15.1. The first-order chi connectivity index (χ1) is 9.76. The van der Waals surface area contributed by atoms with Crippen molar-refractivity contribution in [1.29, 1.82) is 0 Å². The van der Waals surface area contributed by atoms with Gasteiger partial charge in [0.05, 0.1) is 13.2 Å². The molecule has 0 saturated carbocycles. The van der Waals surface area contributed by atoms with Gasteiger partial charge in [-0.1, -0.05) is 6.42 Å². The number of halogens is 1. The first-order valence-electron chi connectivity index (χ1n) is 7.39. The molecule has 1 unspecified atom stereocenters. The van der Waals surface area contributed by atoms with Crippen LogP contribution in [0.25, 0.3) is 0 Å². The van der Waals surface area contributed by atoms with Gasteiger partial charge in [0.25, 0.3) is 0 Å². The van der Waals surface area contributed by atoms with E-state index in [4.69, 9.17) is 4.74 Å². The summed E-state index contributed by atoms with van der Waals surface area (Å²) in [6.07, 6.45) is 5.98. The Bertz CT molecular complexity index is 308. The van der Waals surface area contributed by atoms with E-state index in [2.05, 4.69) is 20.4 Å². The fourth-order valence-electron chi connectivity index (χ4n) is 2.12. The third-order valence-electron chi connectivity index (χ3n) is 3.32. The molecular formula is C14H28IN3O3. The Morgan fingerprint density at radius 2 is 2.14 bits per heavy atom. The van der Waals surface area contributed by atoms with Crippen molar-refractivity contribution in [2.24, 2.45) is 4.99 Å². The lowest BCUT2D eigenvalue weighted by Crippen LogP contribution is -2.41. The molecule has 2 N–H and O–H groups in total. The zero-order valence-electron chi connectivity index (χ0n) is 13.0. The molecule has 1 heterocycles. The zero-order chi connectivity index (χ0) is 14.6.